The predicted octanol–water partition coefficient (Wildman–Crippen LogP) is 1.75. The summed E-state index contributed by atoms with van der Waals surface area (Å²) < 4.78 is 34.7. The van der Waals surface area contributed by atoms with E-state index in [1.165, 1.54) is 0 Å². The number of nitrogens with one attached hydrogen (secondary N) is 1. The van der Waals surface area contributed by atoms with Crippen LogP contribution in [0.15, 0.2) is 38.7 Å². The molecule has 2 aliphatic heterocycles. The molecular formula is C17H24N4O3S. The van der Waals surface area contributed by atoms with Crippen molar-refractivity contribution in [3.05, 3.63) is 29.8 Å². The Hall–Kier alpha value is -1.93. The highest BCUT2D eigenvalue weighted by atomic mass is 32.2. The molecule has 0 amide bonds. The third kappa shape index (κ3) is 4.01. The van der Waals surface area contributed by atoms with Gasteiger partial charge in [-0.3, -0.25) is 0 Å². The van der Waals surface area contributed by atoms with Crippen LogP contribution in [0, 0.1) is 12.3 Å². The fourth-order valence-corrected chi connectivity index (χ4v) is 3.94. The van der Waals surface area contributed by atoms with Crippen LogP contribution in [0.4, 0.5) is 0 Å². The second-order valence-corrected chi connectivity index (χ2v) is 8.11. The van der Waals surface area contributed by atoms with E-state index in [9.17, 15) is 8.42 Å². The Balaban J connectivity index is 1.84. The summed E-state index contributed by atoms with van der Waals surface area (Å²) >= 11 is 0. The van der Waals surface area contributed by atoms with Crippen molar-refractivity contribution in [1.29, 1.82) is 0 Å². The maximum atomic E-state index is 12.6. The Morgan fingerprint density at radius 2 is 2.00 bits per heavy atom. The van der Waals surface area contributed by atoms with Crippen molar-refractivity contribution in [2.45, 2.75) is 31.6 Å². The number of benzene rings is 1. The van der Waals surface area contributed by atoms with Gasteiger partial charge in [-0.1, -0.05) is 17.7 Å². The number of ether oxygens (including phenoxy) is 1. The minimum absolute atomic E-state index is 0.0535. The van der Waals surface area contributed by atoms with Gasteiger partial charge in [0.05, 0.1) is 11.4 Å². The fraction of sp³-hybridized carbons (Fsp3) is 0.529. The Labute approximate surface area is 148 Å². The van der Waals surface area contributed by atoms with Gasteiger partial charge in [0.15, 0.2) is 0 Å². The van der Waals surface area contributed by atoms with Crippen molar-refractivity contribution in [2.75, 3.05) is 26.3 Å². The van der Waals surface area contributed by atoms with E-state index >= 15 is 0 Å². The minimum atomic E-state index is -3.79. The summed E-state index contributed by atoms with van der Waals surface area (Å²) in [6.45, 7) is 6.40. The first-order valence-corrected chi connectivity index (χ1v) is 9.94. The van der Waals surface area contributed by atoms with Gasteiger partial charge in [-0.15, -0.1) is 4.40 Å². The van der Waals surface area contributed by atoms with Crippen molar-refractivity contribution < 1.29 is 13.2 Å². The quantitative estimate of drug-likeness (QED) is 0.652. The topological polar surface area (TPSA) is 83.4 Å². The summed E-state index contributed by atoms with van der Waals surface area (Å²) in [5.74, 6) is 0.266. The smallest absolute Gasteiger partial charge is 0.285 e. The normalized spacial score (nSPS) is 20.2. The van der Waals surface area contributed by atoms with Gasteiger partial charge in [0.25, 0.3) is 10.0 Å². The molecule has 0 aromatic heterocycles. The summed E-state index contributed by atoms with van der Waals surface area (Å²) in [5, 5.41) is 9.11. The van der Waals surface area contributed by atoms with E-state index < -0.39 is 10.0 Å². The summed E-state index contributed by atoms with van der Waals surface area (Å²) in [6, 6.07) is 6.68. The zero-order valence-electron chi connectivity index (χ0n) is 14.6. The van der Waals surface area contributed by atoms with Gasteiger partial charge >= 0.3 is 0 Å². The number of hydrogen-bond acceptors (Lipinski definition) is 4. The average molecular weight is 364 g/mol. The van der Waals surface area contributed by atoms with Crippen LogP contribution >= 0.6 is 0 Å². The van der Waals surface area contributed by atoms with Gasteiger partial charge in [0.2, 0.25) is 5.96 Å². The van der Waals surface area contributed by atoms with Gasteiger partial charge in [0, 0.05) is 31.4 Å². The monoisotopic (exact) mass is 364 g/mol. The van der Waals surface area contributed by atoms with Crippen LogP contribution in [-0.4, -0.2) is 51.9 Å². The molecule has 136 valence electrons. The van der Waals surface area contributed by atoms with E-state index in [2.05, 4.69) is 14.8 Å². The van der Waals surface area contributed by atoms with E-state index in [4.69, 9.17) is 4.74 Å². The molecular weight excluding hydrogens is 340 g/mol. The molecule has 0 unspecified atom stereocenters. The molecule has 1 spiro atoms. The molecule has 0 radical (unpaired) electrons. The third-order valence-electron chi connectivity index (χ3n) is 4.53. The molecule has 7 nitrogen and oxygen atoms in total. The molecule has 1 fully saturated rings. The minimum Gasteiger partial charge on any atom is -0.381 e. The van der Waals surface area contributed by atoms with Crippen LogP contribution in [-0.2, 0) is 14.8 Å². The van der Waals surface area contributed by atoms with Crippen molar-refractivity contribution in [3.63, 3.8) is 0 Å². The first-order valence-electron chi connectivity index (χ1n) is 8.50. The number of nitrogens with zero attached hydrogens (tertiary/aromatic N) is 3. The zero-order valence-corrected chi connectivity index (χ0v) is 15.4. The van der Waals surface area contributed by atoms with E-state index in [1.54, 1.807) is 29.3 Å². The summed E-state index contributed by atoms with van der Waals surface area (Å²) in [6.07, 6.45) is 3.69. The Morgan fingerprint density at radius 3 is 2.64 bits per heavy atom. The first kappa shape index (κ1) is 17.9. The van der Waals surface area contributed by atoms with E-state index in [-0.39, 0.29) is 16.3 Å². The molecule has 2 aliphatic rings. The number of guanidine groups is 1. The van der Waals surface area contributed by atoms with Crippen LogP contribution in [0.25, 0.3) is 0 Å². The average Bonchev–Trinajstić information content (AvgIpc) is 2.99. The summed E-state index contributed by atoms with van der Waals surface area (Å²) in [5.41, 5.74) is 0.947. The van der Waals surface area contributed by atoms with Crippen LogP contribution in [0.2, 0.25) is 0 Å². The summed E-state index contributed by atoms with van der Waals surface area (Å²) in [4.78, 5) is 0.178. The second kappa shape index (κ2) is 7.13. The van der Waals surface area contributed by atoms with Crippen molar-refractivity contribution in [2.24, 2.45) is 14.9 Å². The highest BCUT2D eigenvalue weighted by Gasteiger charge is 2.38. The Kier molecular flexibility index (Phi) is 5.10. The van der Waals surface area contributed by atoms with Gasteiger partial charge in [0.1, 0.15) is 0 Å². The highest BCUT2D eigenvalue weighted by Crippen LogP contribution is 2.33. The number of aryl methyl sites for hydroxylation is 1. The molecule has 1 N–H and O–H groups in total. The van der Waals surface area contributed by atoms with Gasteiger partial charge < -0.3 is 10.1 Å². The van der Waals surface area contributed by atoms with Crippen LogP contribution in [0.3, 0.4) is 0 Å². The Bertz CT molecular complexity index is 766. The zero-order chi connectivity index (χ0) is 17.9. The van der Waals surface area contributed by atoms with Crippen LogP contribution in [0.1, 0.15) is 25.3 Å². The molecule has 0 bridgehead atoms. The first-order chi connectivity index (χ1) is 11.9. The standard InChI is InChI=1S/C17H24N4O3S/c1-3-18-16(20-25(22,23)15-6-4-14(2)5-7-15)21-13-17(12-19-21)8-10-24-11-9-17/h4-7,12H,3,8-11,13H2,1-2H3,(H,18,20). The molecule has 25 heavy (non-hydrogen) atoms. The predicted molar refractivity (Wildman–Crippen MR) is 97.2 cm³/mol. The largest absolute Gasteiger partial charge is 0.381 e. The van der Waals surface area contributed by atoms with E-state index in [0.29, 0.717) is 26.3 Å². The van der Waals surface area contributed by atoms with Gasteiger partial charge in [-0.25, -0.2) is 5.01 Å². The van der Waals surface area contributed by atoms with Crippen molar-refractivity contribution in [3.8, 4) is 0 Å². The van der Waals surface area contributed by atoms with Gasteiger partial charge in [-0.05, 0) is 38.8 Å². The van der Waals surface area contributed by atoms with Crippen LogP contribution in [0.5, 0.6) is 0 Å². The lowest BCUT2D eigenvalue weighted by atomic mass is 9.82. The molecule has 8 heteroatoms. The van der Waals surface area contributed by atoms with Crippen LogP contribution < -0.4 is 5.32 Å². The molecule has 0 aliphatic carbocycles. The molecule has 1 aromatic rings. The molecule has 1 saturated heterocycles. The number of hydrazone groups is 1. The molecule has 0 atom stereocenters. The van der Waals surface area contributed by atoms with Crippen molar-refractivity contribution in [1.82, 2.24) is 10.3 Å². The summed E-state index contributed by atoms with van der Waals surface area (Å²) in [7, 11) is -3.79. The fourth-order valence-electron chi connectivity index (χ4n) is 2.97. The van der Waals surface area contributed by atoms with E-state index in [1.807, 2.05) is 20.1 Å². The molecule has 2 heterocycles. The SMILES string of the molecule is CCN/C(=N\S(=O)(=O)c1ccc(C)cc1)N1CC2(C=N1)CCOCC2. The van der Waals surface area contributed by atoms with E-state index in [0.717, 1.165) is 18.4 Å². The van der Waals surface area contributed by atoms with Crippen molar-refractivity contribution >= 4 is 22.2 Å². The number of hydrogen-bond donors (Lipinski definition) is 1. The maximum Gasteiger partial charge on any atom is 0.285 e. The Morgan fingerprint density at radius 1 is 1.32 bits per heavy atom. The maximum absolute atomic E-state index is 12.6. The second-order valence-electron chi connectivity index (χ2n) is 6.51. The number of sulfonamides is 1. The lowest BCUT2D eigenvalue weighted by Crippen LogP contribution is -2.42. The number of rotatable bonds is 3. The molecule has 3 rings (SSSR count). The molecule has 1 aromatic carbocycles. The lowest BCUT2D eigenvalue weighted by Gasteiger charge is -2.31. The lowest BCUT2D eigenvalue weighted by molar-refractivity contribution is 0.0452. The third-order valence-corrected chi connectivity index (χ3v) is 5.81. The molecule has 0 saturated carbocycles. The van der Waals surface area contributed by atoms with Gasteiger partial charge in [-0.2, -0.15) is 13.5 Å². The highest BCUT2D eigenvalue weighted by molar-refractivity contribution is 7.90.